The minimum Gasteiger partial charge on any atom is -0.308 e. The van der Waals surface area contributed by atoms with Gasteiger partial charge in [0, 0.05) is 48.4 Å². The number of nitrogens with zero attached hydrogens (tertiary/aromatic N) is 2. The second-order valence-electron chi connectivity index (χ2n) is 20.2. The second-order valence-corrected chi connectivity index (χ2v) is 21.3. The van der Waals surface area contributed by atoms with Crippen LogP contribution >= 0.6 is 11.3 Å². The van der Waals surface area contributed by atoms with Crippen LogP contribution in [-0.2, 0) is 5.41 Å². The Morgan fingerprint density at radius 2 is 0.868 bits per heavy atom. The summed E-state index contributed by atoms with van der Waals surface area (Å²) >= 11 is 1.90. The average molecular weight is 983 g/mol. The van der Waals surface area contributed by atoms with E-state index in [-0.39, 0.29) is 0 Å². The van der Waals surface area contributed by atoms with E-state index in [2.05, 4.69) is 289 Å². The Labute approximate surface area is 446 Å². The Bertz CT molecular complexity index is 4490. The first kappa shape index (κ1) is 42.9. The molecular formula is C73H46N2S. The van der Waals surface area contributed by atoms with E-state index in [1.807, 2.05) is 11.3 Å². The number of hydrogen-bond donors (Lipinski definition) is 0. The summed E-state index contributed by atoms with van der Waals surface area (Å²) in [5.41, 5.74) is 25.8. The molecule has 1 spiro atoms. The first-order chi connectivity index (χ1) is 37.7. The van der Waals surface area contributed by atoms with Gasteiger partial charge in [-0.25, -0.2) is 0 Å². The first-order valence-corrected chi connectivity index (χ1v) is 27.1. The standard InChI is InChI=1S/C73H46N2S/c1-3-21-47(22-4-1)48-23-19-26-50(45-48)74(67-39-20-35-58-54-29-9-8-28-53(54)57-32-13-17-38-66(57)75(72(58)67)49-24-5-2-6-25-49)51-41-42-64-61(46-51)55-30-10-7-27-52(55)56-31-11-15-36-62(56)73(64)63-37-16-12-33-59(63)70-65(73)43-44-69-71(70)60-34-14-18-40-68(60)76-69/h1-46H. The third-order valence-electron chi connectivity index (χ3n) is 16.4. The van der Waals surface area contributed by atoms with Crippen molar-refractivity contribution in [2.75, 3.05) is 9.80 Å². The highest BCUT2D eigenvalue weighted by atomic mass is 32.1. The Morgan fingerprint density at radius 1 is 0.329 bits per heavy atom. The summed E-state index contributed by atoms with van der Waals surface area (Å²) in [5, 5.41) is 2.66. The van der Waals surface area contributed by atoms with Crippen molar-refractivity contribution in [3.8, 4) is 66.8 Å². The largest absolute Gasteiger partial charge is 0.308 e. The van der Waals surface area contributed by atoms with Gasteiger partial charge in [0.25, 0.3) is 0 Å². The molecule has 12 aromatic carbocycles. The van der Waals surface area contributed by atoms with Crippen LogP contribution in [0, 0.1) is 0 Å². The summed E-state index contributed by atoms with van der Waals surface area (Å²) < 4.78 is 2.63. The highest BCUT2D eigenvalue weighted by molar-refractivity contribution is 7.26. The molecule has 354 valence electrons. The molecule has 1 aliphatic heterocycles. The molecule has 13 aromatic rings. The molecule has 0 saturated carbocycles. The van der Waals surface area contributed by atoms with Crippen molar-refractivity contribution in [2.45, 2.75) is 5.41 Å². The highest BCUT2D eigenvalue weighted by Crippen LogP contribution is 2.64. The van der Waals surface area contributed by atoms with Crippen LogP contribution in [0.5, 0.6) is 0 Å². The lowest BCUT2D eigenvalue weighted by Gasteiger charge is -2.37. The molecule has 0 fully saturated rings. The number of para-hydroxylation sites is 3. The molecule has 76 heavy (non-hydrogen) atoms. The van der Waals surface area contributed by atoms with Crippen molar-refractivity contribution in [3.63, 3.8) is 0 Å². The number of anilines is 6. The van der Waals surface area contributed by atoms with E-state index in [1.165, 1.54) is 104 Å². The Hall–Kier alpha value is -9.54. The first-order valence-electron chi connectivity index (χ1n) is 26.2. The van der Waals surface area contributed by atoms with Crippen LogP contribution in [0.4, 0.5) is 34.1 Å². The summed E-state index contributed by atoms with van der Waals surface area (Å²) in [6.07, 6.45) is 0. The molecule has 3 heteroatoms. The smallest absolute Gasteiger partial charge is 0.0781 e. The molecule has 0 amide bonds. The zero-order valence-corrected chi connectivity index (χ0v) is 42.2. The van der Waals surface area contributed by atoms with Gasteiger partial charge in [0.1, 0.15) is 0 Å². The molecular weight excluding hydrogens is 937 g/mol. The average Bonchev–Trinajstić information content (AvgIpc) is 4.18. The quantitative estimate of drug-likeness (QED) is 0.170. The van der Waals surface area contributed by atoms with Crippen molar-refractivity contribution in [2.24, 2.45) is 0 Å². The molecule has 1 aromatic heterocycles. The van der Waals surface area contributed by atoms with Crippen LogP contribution in [0.25, 0.3) is 86.9 Å². The topological polar surface area (TPSA) is 6.48 Å². The van der Waals surface area contributed by atoms with E-state index < -0.39 is 5.41 Å². The zero-order chi connectivity index (χ0) is 49.9. The van der Waals surface area contributed by atoms with Crippen LogP contribution in [0.3, 0.4) is 0 Å². The highest BCUT2D eigenvalue weighted by Gasteiger charge is 2.50. The van der Waals surface area contributed by atoms with Gasteiger partial charge in [0.05, 0.1) is 22.5 Å². The lowest BCUT2D eigenvalue weighted by molar-refractivity contribution is 0.776. The lowest BCUT2D eigenvalue weighted by Crippen LogP contribution is -2.29. The van der Waals surface area contributed by atoms with Crippen LogP contribution in [-0.4, -0.2) is 0 Å². The summed E-state index contributed by atoms with van der Waals surface area (Å²) in [7, 11) is 0. The summed E-state index contributed by atoms with van der Waals surface area (Å²) in [5.74, 6) is 0. The third-order valence-corrected chi connectivity index (χ3v) is 17.5. The number of benzene rings is 12. The molecule has 2 nitrogen and oxygen atoms in total. The van der Waals surface area contributed by atoms with Gasteiger partial charge in [-0.2, -0.15) is 0 Å². The van der Waals surface area contributed by atoms with E-state index in [4.69, 9.17) is 0 Å². The fraction of sp³-hybridized carbons (Fsp3) is 0.0137. The van der Waals surface area contributed by atoms with E-state index in [9.17, 15) is 0 Å². The molecule has 0 bridgehead atoms. The van der Waals surface area contributed by atoms with Gasteiger partial charge < -0.3 is 9.80 Å². The predicted molar refractivity (Wildman–Crippen MR) is 320 cm³/mol. The van der Waals surface area contributed by atoms with E-state index in [1.54, 1.807) is 0 Å². The molecule has 0 N–H and O–H groups in total. The summed E-state index contributed by atoms with van der Waals surface area (Å²) in [6, 6.07) is 104. The number of hydrogen-bond acceptors (Lipinski definition) is 3. The van der Waals surface area contributed by atoms with Crippen molar-refractivity contribution < 1.29 is 0 Å². The van der Waals surface area contributed by atoms with E-state index >= 15 is 0 Å². The van der Waals surface area contributed by atoms with Gasteiger partial charge in [-0.15, -0.1) is 11.3 Å². The SMILES string of the molecule is c1ccc(-c2cccc(N(c3ccc4c(c3)-c3ccccc3-c3ccccc3C43c4ccccc4-c4c3ccc3sc5ccccc5c43)c3cccc4c3N(c3ccccc3)c3ccccc3-c3ccccc3-4)c2)cc1. The van der Waals surface area contributed by atoms with Crippen LogP contribution in [0.2, 0.25) is 0 Å². The molecule has 1 unspecified atom stereocenters. The van der Waals surface area contributed by atoms with Crippen molar-refractivity contribution in [1.29, 1.82) is 0 Å². The van der Waals surface area contributed by atoms with Crippen LogP contribution in [0.15, 0.2) is 279 Å². The molecule has 1 atom stereocenters. The normalized spacial score (nSPS) is 14.3. The van der Waals surface area contributed by atoms with Gasteiger partial charge in [0.2, 0.25) is 0 Å². The fourth-order valence-electron chi connectivity index (χ4n) is 13.4. The Balaban J connectivity index is 1.03. The van der Waals surface area contributed by atoms with Crippen molar-refractivity contribution in [3.05, 3.63) is 301 Å². The number of fused-ring (bicyclic) bond motifs is 21. The molecule has 2 heterocycles. The molecule has 0 radical (unpaired) electrons. The van der Waals surface area contributed by atoms with Gasteiger partial charge in [-0.3, -0.25) is 0 Å². The van der Waals surface area contributed by atoms with Gasteiger partial charge in [-0.05, 0) is 139 Å². The van der Waals surface area contributed by atoms with Crippen molar-refractivity contribution >= 4 is 65.6 Å². The van der Waals surface area contributed by atoms with Gasteiger partial charge >= 0.3 is 0 Å². The number of thiophene rings is 1. The minimum atomic E-state index is -0.647. The second kappa shape index (κ2) is 16.7. The molecule has 3 aliphatic rings. The third kappa shape index (κ3) is 6.09. The monoisotopic (exact) mass is 982 g/mol. The Morgan fingerprint density at radius 3 is 1.66 bits per heavy atom. The summed E-state index contributed by atoms with van der Waals surface area (Å²) in [6.45, 7) is 0. The zero-order valence-electron chi connectivity index (χ0n) is 41.4. The minimum absolute atomic E-state index is 0.647. The number of rotatable bonds is 5. The predicted octanol–water partition coefficient (Wildman–Crippen LogP) is 20.3. The van der Waals surface area contributed by atoms with Crippen LogP contribution < -0.4 is 9.80 Å². The van der Waals surface area contributed by atoms with Crippen molar-refractivity contribution in [1.82, 2.24) is 0 Å². The maximum Gasteiger partial charge on any atom is 0.0781 e. The van der Waals surface area contributed by atoms with Gasteiger partial charge in [-0.1, -0.05) is 218 Å². The van der Waals surface area contributed by atoms with Gasteiger partial charge in [0.15, 0.2) is 0 Å². The fourth-order valence-corrected chi connectivity index (χ4v) is 14.5. The van der Waals surface area contributed by atoms with E-state index in [0.717, 1.165) is 39.7 Å². The van der Waals surface area contributed by atoms with E-state index in [0.29, 0.717) is 0 Å². The maximum absolute atomic E-state index is 2.53. The summed E-state index contributed by atoms with van der Waals surface area (Å²) in [4.78, 5) is 5.03. The van der Waals surface area contributed by atoms with Crippen LogP contribution in [0.1, 0.15) is 22.3 Å². The molecule has 2 aliphatic carbocycles. The maximum atomic E-state index is 2.53. The Kier molecular flexibility index (Phi) is 9.45. The molecule has 16 rings (SSSR count). The molecule has 0 saturated heterocycles. The lowest BCUT2D eigenvalue weighted by atomic mass is 9.66.